The summed E-state index contributed by atoms with van der Waals surface area (Å²) in [6, 6.07) is 0. The van der Waals surface area contributed by atoms with Crippen LogP contribution in [0.15, 0.2) is 36.5 Å². The van der Waals surface area contributed by atoms with Gasteiger partial charge in [0.05, 0.1) is 18.8 Å². The Balaban J connectivity index is 3.42. The lowest BCUT2D eigenvalue weighted by molar-refractivity contribution is -0.147. The molecule has 0 aliphatic heterocycles. The van der Waals surface area contributed by atoms with E-state index >= 15 is 0 Å². The van der Waals surface area contributed by atoms with E-state index < -0.39 is 12.1 Å². The Morgan fingerprint density at radius 3 is 2.03 bits per heavy atom. The highest BCUT2D eigenvalue weighted by Crippen LogP contribution is 2.11. The zero-order valence-corrected chi connectivity index (χ0v) is 20.6. The van der Waals surface area contributed by atoms with Crippen molar-refractivity contribution in [3.63, 3.8) is 0 Å². The van der Waals surface area contributed by atoms with Gasteiger partial charge in [-0.3, -0.25) is 4.79 Å². The fourth-order valence-corrected chi connectivity index (χ4v) is 3.12. The zero-order chi connectivity index (χ0) is 24.6. The van der Waals surface area contributed by atoms with Crippen LogP contribution in [0, 0.1) is 0 Å². The van der Waals surface area contributed by atoms with Crippen LogP contribution in [-0.2, 0) is 19.1 Å². The predicted molar refractivity (Wildman–Crippen MR) is 133 cm³/mol. The predicted octanol–water partition coefficient (Wildman–Crippen LogP) is 6.14. The van der Waals surface area contributed by atoms with E-state index in [9.17, 15) is 14.7 Å². The molecule has 0 radical (unpaired) electrons. The molecule has 0 fully saturated rings. The average Bonchev–Trinajstić information content (AvgIpc) is 2.79. The van der Waals surface area contributed by atoms with Crippen molar-refractivity contribution in [1.29, 1.82) is 0 Å². The number of unbranched alkanes of at least 4 members (excludes halogenated alkanes) is 10. The SMILES string of the molecule is C=C(COC[C@@H](O)COC(=O)CCCCCCCCCC=CCC=CCCCCC)C(=O)O. The summed E-state index contributed by atoms with van der Waals surface area (Å²) >= 11 is 0. The maximum atomic E-state index is 11.7. The van der Waals surface area contributed by atoms with Gasteiger partial charge < -0.3 is 19.7 Å². The number of carboxylic acid groups (broad SMARTS) is 1. The minimum atomic E-state index is -1.14. The molecule has 6 heteroatoms. The number of aliphatic hydroxyl groups excluding tert-OH is 1. The Morgan fingerprint density at radius 2 is 1.42 bits per heavy atom. The number of esters is 1. The Morgan fingerprint density at radius 1 is 0.848 bits per heavy atom. The highest BCUT2D eigenvalue weighted by atomic mass is 16.5. The normalized spacial score (nSPS) is 12.4. The van der Waals surface area contributed by atoms with Crippen LogP contribution in [0.25, 0.3) is 0 Å². The van der Waals surface area contributed by atoms with Crippen molar-refractivity contribution in [2.24, 2.45) is 0 Å². The van der Waals surface area contributed by atoms with Gasteiger partial charge in [-0.25, -0.2) is 4.79 Å². The number of carbonyl (C=O) groups excluding carboxylic acids is 1. The van der Waals surface area contributed by atoms with Gasteiger partial charge in [0.1, 0.15) is 12.7 Å². The molecule has 190 valence electrons. The fraction of sp³-hybridized carbons (Fsp3) is 0.704. The van der Waals surface area contributed by atoms with E-state index in [1.54, 1.807) is 0 Å². The maximum Gasteiger partial charge on any atom is 0.333 e. The second-order valence-corrected chi connectivity index (χ2v) is 8.45. The molecular weight excluding hydrogens is 420 g/mol. The van der Waals surface area contributed by atoms with E-state index in [-0.39, 0.29) is 31.4 Å². The van der Waals surface area contributed by atoms with Crippen LogP contribution in [0.1, 0.15) is 96.8 Å². The van der Waals surface area contributed by atoms with Gasteiger partial charge in [0, 0.05) is 6.42 Å². The van der Waals surface area contributed by atoms with Gasteiger partial charge in [0.15, 0.2) is 0 Å². The zero-order valence-electron chi connectivity index (χ0n) is 20.6. The number of carboxylic acids is 1. The van der Waals surface area contributed by atoms with Crippen LogP contribution in [0.4, 0.5) is 0 Å². The molecule has 2 N–H and O–H groups in total. The van der Waals surface area contributed by atoms with E-state index in [0.717, 1.165) is 32.1 Å². The quantitative estimate of drug-likeness (QED) is 0.0813. The lowest BCUT2D eigenvalue weighted by Crippen LogP contribution is -2.24. The molecule has 1 atom stereocenters. The van der Waals surface area contributed by atoms with Crippen LogP contribution in [-0.4, -0.2) is 48.1 Å². The molecule has 0 spiro atoms. The molecule has 0 saturated heterocycles. The topological polar surface area (TPSA) is 93.1 Å². The summed E-state index contributed by atoms with van der Waals surface area (Å²) in [6.07, 6.45) is 23.6. The van der Waals surface area contributed by atoms with Crippen LogP contribution in [0.3, 0.4) is 0 Å². The van der Waals surface area contributed by atoms with Crippen molar-refractivity contribution < 1.29 is 29.3 Å². The van der Waals surface area contributed by atoms with Crippen molar-refractivity contribution >= 4 is 11.9 Å². The largest absolute Gasteiger partial charge is 0.478 e. The van der Waals surface area contributed by atoms with Gasteiger partial charge in [0.2, 0.25) is 0 Å². The Bertz CT molecular complexity index is 567. The van der Waals surface area contributed by atoms with E-state index in [4.69, 9.17) is 14.6 Å². The third kappa shape index (κ3) is 23.0. The van der Waals surface area contributed by atoms with E-state index in [1.807, 2.05) is 0 Å². The first kappa shape index (κ1) is 31.1. The Hall–Kier alpha value is -1.92. The summed E-state index contributed by atoms with van der Waals surface area (Å²) in [5.41, 5.74) is -0.0903. The van der Waals surface area contributed by atoms with Crippen LogP contribution in [0.2, 0.25) is 0 Å². The molecule has 0 aromatic rings. The van der Waals surface area contributed by atoms with Crippen LogP contribution >= 0.6 is 0 Å². The molecule has 0 aliphatic rings. The van der Waals surface area contributed by atoms with Gasteiger partial charge in [-0.05, 0) is 38.5 Å². The number of rotatable bonds is 23. The summed E-state index contributed by atoms with van der Waals surface area (Å²) in [6.45, 7) is 5.13. The van der Waals surface area contributed by atoms with Gasteiger partial charge in [0.25, 0.3) is 0 Å². The van der Waals surface area contributed by atoms with Gasteiger partial charge in [-0.15, -0.1) is 0 Å². The maximum absolute atomic E-state index is 11.7. The van der Waals surface area contributed by atoms with Crippen molar-refractivity contribution in [3.05, 3.63) is 36.5 Å². The van der Waals surface area contributed by atoms with Crippen LogP contribution in [0.5, 0.6) is 0 Å². The van der Waals surface area contributed by atoms with Crippen molar-refractivity contribution in [1.82, 2.24) is 0 Å². The molecule has 0 saturated carbocycles. The van der Waals surface area contributed by atoms with Gasteiger partial charge in [-0.1, -0.05) is 82.8 Å². The van der Waals surface area contributed by atoms with Gasteiger partial charge in [-0.2, -0.15) is 0 Å². The van der Waals surface area contributed by atoms with Crippen LogP contribution < -0.4 is 0 Å². The van der Waals surface area contributed by atoms with E-state index in [2.05, 4.69) is 37.8 Å². The number of hydrogen-bond donors (Lipinski definition) is 2. The molecular formula is C27H46O6. The molecule has 33 heavy (non-hydrogen) atoms. The second kappa shape index (κ2) is 23.2. The minimum Gasteiger partial charge on any atom is -0.478 e. The first-order chi connectivity index (χ1) is 16.0. The summed E-state index contributed by atoms with van der Waals surface area (Å²) in [5.74, 6) is -1.47. The lowest BCUT2D eigenvalue weighted by Gasteiger charge is -2.12. The Labute approximate surface area is 200 Å². The lowest BCUT2D eigenvalue weighted by atomic mass is 10.1. The molecule has 0 bridgehead atoms. The molecule has 0 aromatic heterocycles. The molecule has 0 aliphatic carbocycles. The second-order valence-electron chi connectivity index (χ2n) is 8.45. The van der Waals surface area contributed by atoms with Crippen molar-refractivity contribution in [3.8, 4) is 0 Å². The van der Waals surface area contributed by atoms with Gasteiger partial charge >= 0.3 is 11.9 Å². The summed E-state index contributed by atoms with van der Waals surface area (Å²) in [5, 5.41) is 18.3. The highest BCUT2D eigenvalue weighted by Gasteiger charge is 2.10. The summed E-state index contributed by atoms with van der Waals surface area (Å²) in [7, 11) is 0. The molecule has 0 rings (SSSR count). The van der Waals surface area contributed by atoms with Crippen molar-refractivity contribution in [2.75, 3.05) is 19.8 Å². The number of hydrogen-bond acceptors (Lipinski definition) is 5. The Kier molecular flexibility index (Phi) is 21.9. The number of aliphatic carboxylic acids is 1. The third-order valence-corrected chi connectivity index (χ3v) is 5.16. The summed E-state index contributed by atoms with van der Waals surface area (Å²) in [4.78, 5) is 22.3. The molecule has 6 nitrogen and oxygen atoms in total. The van der Waals surface area contributed by atoms with E-state index in [1.165, 1.54) is 51.4 Å². The monoisotopic (exact) mass is 466 g/mol. The van der Waals surface area contributed by atoms with Crippen molar-refractivity contribution in [2.45, 2.75) is 103 Å². The third-order valence-electron chi connectivity index (χ3n) is 5.16. The average molecular weight is 467 g/mol. The molecule has 0 heterocycles. The fourth-order valence-electron chi connectivity index (χ4n) is 3.12. The first-order valence-corrected chi connectivity index (χ1v) is 12.6. The number of aliphatic hydroxyl groups is 1. The number of ether oxygens (including phenoxy) is 2. The molecule has 0 unspecified atom stereocenters. The smallest absolute Gasteiger partial charge is 0.333 e. The first-order valence-electron chi connectivity index (χ1n) is 12.6. The number of allylic oxidation sites excluding steroid dienone is 4. The standard InChI is InChI=1S/C27H46O6/c1-3-4-5-6-7-8-9-10-11-12-13-14-15-16-17-18-19-20-26(29)33-23-25(28)22-32-21-24(2)27(30)31/h7-8,10-11,25,28H,2-6,9,12-23H2,1H3,(H,30,31)/t25-/m1/s1. The highest BCUT2D eigenvalue weighted by molar-refractivity contribution is 5.85. The minimum absolute atomic E-state index is 0.0903. The molecule has 0 aromatic carbocycles. The number of carbonyl (C=O) groups is 2. The summed E-state index contributed by atoms with van der Waals surface area (Å²) < 4.78 is 10.0. The molecule has 0 amide bonds. The van der Waals surface area contributed by atoms with E-state index in [0.29, 0.717) is 6.42 Å².